The minimum atomic E-state index is 0.0956. The number of pyridine rings is 1. The molecule has 0 atom stereocenters. The van der Waals surface area contributed by atoms with Crippen molar-refractivity contribution in [2.75, 3.05) is 0 Å². The number of imidazole rings is 1. The Labute approximate surface area is 97.4 Å². The van der Waals surface area contributed by atoms with Crippen molar-refractivity contribution in [3.05, 3.63) is 48.7 Å². The van der Waals surface area contributed by atoms with E-state index in [1.807, 2.05) is 12.1 Å². The second-order valence-corrected chi connectivity index (χ2v) is 3.74. The van der Waals surface area contributed by atoms with E-state index in [4.69, 9.17) is 0 Å². The van der Waals surface area contributed by atoms with Crippen molar-refractivity contribution in [1.82, 2.24) is 9.38 Å². The second kappa shape index (κ2) is 3.52. The van der Waals surface area contributed by atoms with E-state index in [0.29, 0.717) is 11.4 Å². The Morgan fingerprint density at radius 1 is 0.941 bits per heavy atom. The number of para-hydroxylation sites is 1. The lowest BCUT2D eigenvalue weighted by molar-refractivity contribution is 0.446. The van der Waals surface area contributed by atoms with Crippen molar-refractivity contribution in [2.24, 2.45) is 0 Å². The first kappa shape index (κ1) is 9.72. The van der Waals surface area contributed by atoms with Crippen molar-refractivity contribution in [3.8, 4) is 23.0 Å². The number of aromatic hydroxyl groups is 2. The van der Waals surface area contributed by atoms with Crippen LogP contribution in [0.5, 0.6) is 11.6 Å². The average molecular weight is 226 g/mol. The Morgan fingerprint density at radius 3 is 2.59 bits per heavy atom. The quantitative estimate of drug-likeness (QED) is 0.670. The Bertz CT molecular complexity index is 689. The average Bonchev–Trinajstić information content (AvgIpc) is 2.75. The molecule has 0 saturated carbocycles. The lowest BCUT2D eigenvalue weighted by atomic mass is 10.2. The fourth-order valence-electron chi connectivity index (χ4n) is 1.88. The standard InChI is InChI=1S/C13H10N2O2/c16-11-6-2-1-5-10(11)13-14-8-9-4-3-7-12(17)15(9)13/h1-8,16-17H. The molecule has 84 valence electrons. The molecular weight excluding hydrogens is 216 g/mol. The van der Waals surface area contributed by atoms with Gasteiger partial charge in [0, 0.05) is 0 Å². The van der Waals surface area contributed by atoms with E-state index >= 15 is 0 Å². The van der Waals surface area contributed by atoms with Gasteiger partial charge in [-0.3, -0.25) is 4.40 Å². The molecule has 0 aliphatic carbocycles. The maximum absolute atomic E-state index is 9.83. The molecule has 2 heterocycles. The molecular formula is C13H10N2O2. The van der Waals surface area contributed by atoms with Crippen LogP contribution in [0, 0.1) is 0 Å². The van der Waals surface area contributed by atoms with Crippen LogP contribution in [-0.4, -0.2) is 19.6 Å². The number of hydrogen-bond acceptors (Lipinski definition) is 3. The molecule has 17 heavy (non-hydrogen) atoms. The van der Waals surface area contributed by atoms with Crippen LogP contribution in [0.4, 0.5) is 0 Å². The van der Waals surface area contributed by atoms with Crippen LogP contribution in [0.15, 0.2) is 48.7 Å². The molecule has 2 aromatic heterocycles. The highest BCUT2D eigenvalue weighted by molar-refractivity contribution is 5.68. The summed E-state index contributed by atoms with van der Waals surface area (Å²) in [4.78, 5) is 4.23. The number of phenolic OH excluding ortho intramolecular Hbond substituents is 1. The summed E-state index contributed by atoms with van der Waals surface area (Å²) in [5.41, 5.74) is 1.37. The first-order valence-corrected chi connectivity index (χ1v) is 5.21. The summed E-state index contributed by atoms with van der Waals surface area (Å²) in [5.74, 6) is 0.762. The number of phenols is 1. The van der Waals surface area contributed by atoms with Crippen molar-refractivity contribution in [3.63, 3.8) is 0 Å². The Morgan fingerprint density at radius 2 is 1.76 bits per heavy atom. The third-order valence-electron chi connectivity index (χ3n) is 2.68. The molecule has 1 aromatic carbocycles. The molecule has 0 saturated heterocycles. The normalized spacial score (nSPS) is 10.8. The molecule has 0 aliphatic rings. The molecule has 3 aromatic rings. The fraction of sp³-hybridized carbons (Fsp3) is 0. The van der Waals surface area contributed by atoms with E-state index in [1.165, 1.54) is 0 Å². The van der Waals surface area contributed by atoms with Crippen LogP contribution in [-0.2, 0) is 0 Å². The van der Waals surface area contributed by atoms with E-state index in [2.05, 4.69) is 4.98 Å². The van der Waals surface area contributed by atoms with Gasteiger partial charge in [0.2, 0.25) is 0 Å². The van der Waals surface area contributed by atoms with Crippen LogP contribution in [0.2, 0.25) is 0 Å². The SMILES string of the molecule is Oc1ccccc1-c1ncc2cccc(O)n12. The van der Waals surface area contributed by atoms with Crippen LogP contribution in [0.25, 0.3) is 16.9 Å². The zero-order chi connectivity index (χ0) is 11.8. The van der Waals surface area contributed by atoms with E-state index in [-0.39, 0.29) is 11.6 Å². The topological polar surface area (TPSA) is 57.8 Å². The summed E-state index contributed by atoms with van der Waals surface area (Å²) in [6, 6.07) is 12.1. The molecule has 2 N–H and O–H groups in total. The molecule has 4 heteroatoms. The second-order valence-electron chi connectivity index (χ2n) is 3.74. The fourth-order valence-corrected chi connectivity index (χ4v) is 1.88. The molecule has 0 unspecified atom stereocenters. The number of fused-ring (bicyclic) bond motifs is 1. The van der Waals surface area contributed by atoms with Gasteiger partial charge in [0.05, 0.1) is 17.3 Å². The highest BCUT2D eigenvalue weighted by atomic mass is 16.3. The van der Waals surface area contributed by atoms with E-state index in [9.17, 15) is 10.2 Å². The van der Waals surface area contributed by atoms with Crippen LogP contribution in [0.1, 0.15) is 0 Å². The Kier molecular flexibility index (Phi) is 2.01. The molecule has 3 rings (SSSR count). The number of hydrogen-bond donors (Lipinski definition) is 2. The summed E-state index contributed by atoms with van der Waals surface area (Å²) in [7, 11) is 0. The smallest absolute Gasteiger partial charge is 0.197 e. The van der Waals surface area contributed by atoms with E-state index in [1.54, 1.807) is 40.9 Å². The summed E-state index contributed by atoms with van der Waals surface area (Å²) in [6.07, 6.45) is 1.65. The molecule has 4 nitrogen and oxygen atoms in total. The molecule has 0 amide bonds. The maximum Gasteiger partial charge on any atom is 0.197 e. The van der Waals surface area contributed by atoms with Crippen molar-refractivity contribution >= 4 is 5.52 Å². The maximum atomic E-state index is 9.83. The third kappa shape index (κ3) is 1.42. The third-order valence-corrected chi connectivity index (χ3v) is 2.68. The summed E-state index contributed by atoms with van der Waals surface area (Å²) in [6.45, 7) is 0. The van der Waals surface area contributed by atoms with Gasteiger partial charge in [-0.15, -0.1) is 0 Å². The predicted molar refractivity (Wildman–Crippen MR) is 64.0 cm³/mol. The number of aromatic nitrogens is 2. The molecule has 0 bridgehead atoms. The van der Waals surface area contributed by atoms with Gasteiger partial charge in [-0.05, 0) is 24.3 Å². The van der Waals surface area contributed by atoms with E-state index < -0.39 is 0 Å². The molecule has 0 spiro atoms. The first-order chi connectivity index (χ1) is 8.27. The van der Waals surface area contributed by atoms with Gasteiger partial charge in [-0.25, -0.2) is 4.98 Å². The predicted octanol–water partition coefficient (Wildman–Crippen LogP) is 2.41. The highest BCUT2D eigenvalue weighted by Crippen LogP contribution is 2.30. The van der Waals surface area contributed by atoms with E-state index in [0.717, 1.165) is 5.52 Å². The minimum Gasteiger partial charge on any atom is -0.507 e. The van der Waals surface area contributed by atoms with Crippen molar-refractivity contribution < 1.29 is 10.2 Å². The number of nitrogens with zero attached hydrogens (tertiary/aromatic N) is 2. The number of rotatable bonds is 1. The van der Waals surface area contributed by atoms with Crippen molar-refractivity contribution in [2.45, 2.75) is 0 Å². The molecule has 0 aliphatic heterocycles. The lowest BCUT2D eigenvalue weighted by Crippen LogP contribution is -1.90. The van der Waals surface area contributed by atoms with Gasteiger partial charge in [0.1, 0.15) is 5.75 Å². The summed E-state index contributed by atoms with van der Waals surface area (Å²) in [5, 5.41) is 19.6. The van der Waals surface area contributed by atoms with Gasteiger partial charge in [0.25, 0.3) is 0 Å². The van der Waals surface area contributed by atoms with Crippen LogP contribution >= 0.6 is 0 Å². The van der Waals surface area contributed by atoms with Gasteiger partial charge < -0.3 is 10.2 Å². The lowest BCUT2D eigenvalue weighted by Gasteiger charge is -2.05. The highest BCUT2D eigenvalue weighted by Gasteiger charge is 2.11. The summed E-state index contributed by atoms with van der Waals surface area (Å²) >= 11 is 0. The Hall–Kier alpha value is -2.49. The number of benzene rings is 1. The van der Waals surface area contributed by atoms with Crippen molar-refractivity contribution in [1.29, 1.82) is 0 Å². The van der Waals surface area contributed by atoms with Gasteiger partial charge in [-0.2, -0.15) is 0 Å². The largest absolute Gasteiger partial charge is 0.507 e. The monoisotopic (exact) mass is 226 g/mol. The van der Waals surface area contributed by atoms with Crippen LogP contribution < -0.4 is 0 Å². The van der Waals surface area contributed by atoms with Gasteiger partial charge in [-0.1, -0.05) is 18.2 Å². The van der Waals surface area contributed by atoms with Gasteiger partial charge in [0.15, 0.2) is 11.7 Å². The molecule has 0 radical (unpaired) electrons. The van der Waals surface area contributed by atoms with Gasteiger partial charge >= 0.3 is 0 Å². The zero-order valence-corrected chi connectivity index (χ0v) is 8.91. The summed E-state index contributed by atoms with van der Waals surface area (Å²) < 4.78 is 1.59. The molecule has 0 fully saturated rings. The minimum absolute atomic E-state index is 0.0956. The first-order valence-electron chi connectivity index (χ1n) is 5.21. The van der Waals surface area contributed by atoms with Crippen LogP contribution in [0.3, 0.4) is 0 Å². The zero-order valence-electron chi connectivity index (χ0n) is 8.91. The Balaban J connectivity index is 2.36.